The van der Waals surface area contributed by atoms with E-state index in [4.69, 9.17) is 12.2 Å². The molecule has 0 N–H and O–H groups in total. The number of hydrogen-bond donors (Lipinski definition) is 0. The van der Waals surface area contributed by atoms with Crippen LogP contribution in [-0.2, 0) is 0 Å². The minimum atomic E-state index is 0.948. The SMILES string of the molecule is CCCCCCC=CCC=S. The van der Waals surface area contributed by atoms with E-state index in [1.165, 1.54) is 32.1 Å². The van der Waals surface area contributed by atoms with Crippen LogP contribution < -0.4 is 0 Å². The molecule has 0 bridgehead atoms. The molecule has 0 aliphatic rings. The third-order valence-electron chi connectivity index (χ3n) is 1.62. The Kier molecular flexibility index (Phi) is 9.68. The number of rotatable bonds is 7. The maximum absolute atomic E-state index is 4.70. The summed E-state index contributed by atoms with van der Waals surface area (Å²) >= 11 is 4.70. The van der Waals surface area contributed by atoms with Crippen LogP contribution >= 0.6 is 12.2 Å². The minimum Gasteiger partial charge on any atom is -0.0931 e. The predicted octanol–water partition coefficient (Wildman–Crippen LogP) is 3.90. The first-order valence-electron chi connectivity index (χ1n) is 4.50. The van der Waals surface area contributed by atoms with Crippen molar-refractivity contribution in [3.63, 3.8) is 0 Å². The fraction of sp³-hybridized carbons (Fsp3) is 0.700. The van der Waals surface area contributed by atoms with E-state index < -0.39 is 0 Å². The van der Waals surface area contributed by atoms with Crippen LogP contribution in [-0.4, -0.2) is 5.37 Å². The summed E-state index contributed by atoms with van der Waals surface area (Å²) in [5.41, 5.74) is 0. The summed E-state index contributed by atoms with van der Waals surface area (Å²) < 4.78 is 0. The molecule has 0 amide bonds. The molecule has 0 unspecified atom stereocenters. The molecule has 0 aromatic rings. The maximum Gasteiger partial charge on any atom is -0.00639 e. The van der Waals surface area contributed by atoms with Crippen molar-refractivity contribution in [2.45, 2.75) is 45.4 Å². The van der Waals surface area contributed by atoms with Crippen molar-refractivity contribution in [1.29, 1.82) is 0 Å². The molecular weight excluding hydrogens is 152 g/mol. The van der Waals surface area contributed by atoms with Crippen LogP contribution in [0.3, 0.4) is 0 Å². The zero-order valence-corrected chi connectivity index (χ0v) is 8.20. The summed E-state index contributed by atoms with van der Waals surface area (Å²) in [7, 11) is 0. The van der Waals surface area contributed by atoms with Gasteiger partial charge in [0.1, 0.15) is 0 Å². The van der Waals surface area contributed by atoms with E-state index >= 15 is 0 Å². The van der Waals surface area contributed by atoms with E-state index in [0.717, 1.165) is 6.42 Å². The Hall–Kier alpha value is -0.170. The normalized spacial score (nSPS) is 10.6. The quantitative estimate of drug-likeness (QED) is 0.317. The molecule has 0 aromatic heterocycles. The highest BCUT2D eigenvalue weighted by atomic mass is 32.1. The fourth-order valence-corrected chi connectivity index (χ4v) is 1.07. The van der Waals surface area contributed by atoms with Gasteiger partial charge in [0.25, 0.3) is 0 Å². The van der Waals surface area contributed by atoms with E-state index in [2.05, 4.69) is 19.1 Å². The molecule has 0 heterocycles. The standard InChI is InChI=1S/C10H18S/c1-2-3-4-5-6-7-8-9-10-11/h7-8,10H,2-6,9H2,1H3. The van der Waals surface area contributed by atoms with E-state index in [1.54, 1.807) is 5.37 Å². The molecule has 64 valence electrons. The summed E-state index contributed by atoms with van der Waals surface area (Å²) in [5, 5.41) is 1.77. The first-order valence-corrected chi connectivity index (χ1v) is 4.97. The molecule has 0 rings (SSSR count). The summed E-state index contributed by atoms with van der Waals surface area (Å²) in [6.45, 7) is 2.24. The molecule has 0 atom stereocenters. The summed E-state index contributed by atoms with van der Waals surface area (Å²) in [6.07, 6.45) is 12.0. The molecule has 0 saturated heterocycles. The second-order valence-electron chi connectivity index (χ2n) is 2.72. The average Bonchev–Trinajstić information content (AvgIpc) is 2.03. The Morgan fingerprint density at radius 3 is 2.55 bits per heavy atom. The maximum atomic E-state index is 4.70. The smallest absolute Gasteiger partial charge is 0.00639 e. The highest BCUT2D eigenvalue weighted by Crippen LogP contribution is 2.02. The summed E-state index contributed by atoms with van der Waals surface area (Å²) in [5.74, 6) is 0. The number of allylic oxidation sites excluding steroid dienone is 2. The largest absolute Gasteiger partial charge is 0.0931 e. The molecule has 0 fully saturated rings. The van der Waals surface area contributed by atoms with Crippen molar-refractivity contribution in [2.75, 3.05) is 0 Å². The molecule has 0 aromatic carbocycles. The van der Waals surface area contributed by atoms with Gasteiger partial charge in [-0.25, -0.2) is 0 Å². The summed E-state index contributed by atoms with van der Waals surface area (Å²) in [6, 6.07) is 0. The topological polar surface area (TPSA) is 0 Å². The van der Waals surface area contributed by atoms with Gasteiger partial charge in [-0.2, -0.15) is 0 Å². The molecule has 1 heteroatoms. The predicted molar refractivity (Wildman–Crippen MR) is 56.2 cm³/mol. The van der Waals surface area contributed by atoms with Crippen molar-refractivity contribution >= 4 is 17.6 Å². The molecule has 0 nitrogen and oxygen atoms in total. The lowest BCUT2D eigenvalue weighted by atomic mass is 10.1. The van der Waals surface area contributed by atoms with Crippen LogP contribution in [0, 0.1) is 0 Å². The van der Waals surface area contributed by atoms with Gasteiger partial charge >= 0.3 is 0 Å². The fourth-order valence-electron chi connectivity index (χ4n) is 0.959. The number of thiocarbonyl (C=S) groups is 1. The van der Waals surface area contributed by atoms with Crippen LogP contribution in [0.15, 0.2) is 12.2 Å². The van der Waals surface area contributed by atoms with Crippen molar-refractivity contribution in [2.24, 2.45) is 0 Å². The van der Waals surface area contributed by atoms with E-state index in [1.807, 2.05) is 0 Å². The van der Waals surface area contributed by atoms with Gasteiger partial charge in [-0.15, -0.1) is 0 Å². The molecular formula is C10H18S. The lowest BCUT2D eigenvalue weighted by Gasteiger charge is -1.93. The Balaban J connectivity index is 2.94. The lowest BCUT2D eigenvalue weighted by molar-refractivity contribution is 0.674. The van der Waals surface area contributed by atoms with Crippen LogP contribution in [0.4, 0.5) is 0 Å². The number of unbranched alkanes of at least 4 members (excludes halogenated alkanes) is 4. The van der Waals surface area contributed by atoms with Crippen molar-refractivity contribution in [3.05, 3.63) is 12.2 Å². The third-order valence-corrected chi connectivity index (χ3v) is 1.82. The van der Waals surface area contributed by atoms with Gasteiger partial charge in [0.05, 0.1) is 0 Å². The van der Waals surface area contributed by atoms with Crippen LogP contribution in [0.2, 0.25) is 0 Å². The molecule has 0 spiro atoms. The Bertz CT molecular complexity index is 105. The lowest BCUT2D eigenvalue weighted by Crippen LogP contribution is -1.73. The van der Waals surface area contributed by atoms with Gasteiger partial charge in [-0.05, 0) is 24.6 Å². The van der Waals surface area contributed by atoms with Gasteiger partial charge in [-0.1, -0.05) is 50.6 Å². The zero-order valence-electron chi connectivity index (χ0n) is 7.38. The Labute approximate surface area is 75.7 Å². The van der Waals surface area contributed by atoms with E-state index in [0.29, 0.717) is 0 Å². The second kappa shape index (κ2) is 9.83. The minimum absolute atomic E-state index is 0.948. The highest BCUT2D eigenvalue weighted by molar-refractivity contribution is 7.78. The first-order chi connectivity index (χ1) is 5.41. The van der Waals surface area contributed by atoms with Crippen LogP contribution in [0.25, 0.3) is 0 Å². The molecule has 0 aliphatic carbocycles. The summed E-state index contributed by atoms with van der Waals surface area (Å²) in [4.78, 5) is 0. The van der Waals surface area contributed by atoms with Gasteiger partial charge in [0.15, 0.2) is 0 Å². The van der Waals surface area contributed by atoms with Crippen molar-refractivity contribution in [3.8, 4) is 0 Å². The van der Waals surface area contributed by atoms with Gasteiger partial charge in [0, 0.05) is 0 Å². The highest BCUT2D eigenvalue weighted by Gasteiger charge is 1.83. The zero-order chi connectivity index (χ0) is 8.36. The molecule has 0 aliphatic heterocycles. The van der Waals surface area contributed by atoms with E-state index in [-0.39, 0.29) is 0 Å². The Morgan fingerprint density at radius 2 is 1.91 bits per heavy atom. The van der Waals surface area contributed by atoms with E-state index in [9.17, 15) is 0 Å². The second-order valence-corrected chi connectivity index (χ2v) is 3.06. The van der Waals surface area contributed by atoms with Gasteiger partial charge in [-0.3, -0.25) is 0 Å². The average molecular weight is 170 g/mol. The first kappa shape index (κ1) is 10.8. The van der Waals surface area contributed by atoms with Gasteiger partial charge < -0.3 is 0 Å². The molecule has 11 heavy (non-hydrogen) atoms. The molecule has 0 saturated carbocycles. The van der Waals surface area contributed by atoms with Crippen molar-refractivity contribution < 1.29 is 0 Å². The van der Waals surface area contributed by atoms with Crippen molar-refractivity contribution in [1.82, 2.24) is 0 Å². The third kappa shape index (κ3) is 9.83. The molecule has 0 radical (unpaired) electrons. The Morgan fingerprint density at radius 1 is 1.09 bits per heavy atom. The van der Waals surface area contributed by atoms with Crippen LogP contribution in [0.5, 0.6) is 0 Å². The van der Waals surface area contributed by atoms with Crippen LogP contribution in [0.1, 0.15) is 45.4 Å². The van der Waals surface area contributed by atoms with Gasteiger partial charge in [0.2, 0.25) is 0 Å². The number of hydrogen-bond acceptors (Lipinski definition) is 1. The monoisotopic (exact) mass is 170 g/mol.